The Morgan fingerprint density at radius 3 is 1.69 bits per heavy atom. The molecule has 0 rings (SSSR count). The average Bonchev–Trinajstić information content (AvgIpc) is 3.19. The Labute approximate surface area is 358 Å². The summed E-state index contributed by atoms with van der Waals surface area (Å²) in [5.74, 6) is -0.959. The molecule has 1 unspecified atom stereocenters. The maximum absolute atomic E-state index is 12.7. The highest BCUT2D eigenvalue weighted by atomic mass is 31.2. The third kappa shape index (κ3) is 42.8. The van der Waals surface area contributed by atoms with Crippen LogP contribution in [0.5, 0.6) is 0 Å². The van der Waals surface area contributed by atoms with Gasteiger partial charge in [-0.05, 0) is 83.5 Å². The van der Waals surface area contributed by atoms with Crippen LogP contribution in [0.25, 0.3) is 0 Å². The van der Waals surface area contributed by atoms with Crippen molar-refractivity contribution in [3.05, 3.63) is 97.2 Å². The van der Waals surface area contributed by atoms with Crippen LogP contribution in [0.4, 0.5) is 0 Å². The molecule has 11 heteroatoms. The first-order valence-corrected chi connectivity index (χ1v) is 23.5. The van der Waals surface area contributed by atoms with Crippen molar-refractivity contribution in [3.63, 3.8) is 0 Å². The predicted octanol–water partition coefficient (Wildman–Crippen LogP) is 10.9. The molecule has 0 aliphatic carbocycles. The van der Waals surface area contributed by atoms with Crippen LogP contribution in [0.15, 0.2) is 97.2 Å². The third-order valence-corrected chi connectivity index (χ3v) is 9.71. The summed E-state index contributed by atoms with van der Waals surface area (Å²) in [6.07, 6.45) is 48.2. The van der Waals surface area contributed by atoms with Gasteiger partial charge >= 0.3 is 11.9 Å². The quantitative estimate of drug-likeness (QED) is 0.0161. The Balaban J connectivity index is 4.54. The van der Waals surface area contributed by atoms with Gasteiger partial charge in [0.15, 0.2) is 6.10 Å². The summed E-state index contributed by atoms with van der Waals surface area (Å²) >= 11 is 0. The number of nitrogens with zero attached hydrogens (tertiary/aromatic N) is 1. The van der Waals surface area contributed by atoms with Crippen molar-refractivity contribution >= 4 is 19.8 Å². The first-order valence-electron chi connectivity index (χ1n) is 22.1. The van der Waals surface area contributed by atoms with Gasteiger partial charge < -0.3 is 33.0 Å². The van der Waals surface area contributed by atoms with Gasteiger partial charge in [0, 0.05) is 12.8 Å². The molecular weight excluding hydrogens is 765 g/mol. The van der Waals surface area contributed by atoms with Crippen molar-refractivity contribution in [2.45, 2.75) is 148 Å². The van der Waals surface area contributed by atoms with Crippen molar-refractivity contribution in [2.24, 2.45) is 0 Å². The number of quaternary nitrogens is 1. The second kappa shape index (κ2) is 39.1. The normalized spacial score (nSPS) is 15.0. The zero-order chi connectivity index (χ0) is 43.7. The number of phosphoric ester groups is 1. The number of unbranched alkanes of at least 4 members (excludes halogenated alkanes) is 8. The van der Waals surface area contributed by atoms with E-state index in [4.69, 9.17) is 18.5 Å². The molecule has 0 amide bonds. The third-order valence-electron chi connectivity index (χ3n) is 8.75. The average molecular weight is 846 g/mol. The number of ether oxygens (including phenoxy) is 2. The summed E-state index contributed by atoms with van der Waals surface area (Å²) in [6, 6.07) is 0. The molecule has 0 saturated carbocycles. The topological polar surface area (TPSA) is 131 Å². The van der Waals surface area contributed by atoms with Gasteiger partial charge in [0.2, 0.25) is 0 Å². The van der Waals surface area contributed by atoms with Gasteiger partial charge in [0.05, 0.1) is 33.9 Å². The second-order valence-electron chi connectivity index (χ2n) is 15.5. The highest BCUT2D eigenvalue weighted by Crippen LogP contribution is 2.38. The van der Waals surface area contributed by atoms with E-state index in [1.807, 2.05) is 58.4 Å². The lowest BCUT2D eigenvalue weighted by Gasteiger charge is -2.28. The maximum atomic E-state index is 12.7. The molecule has 0 bridgehead atoms. The summed E-state index contributed by atoms with van der Waals surface area (Å²) in [5.41, 5.74) is 0. The minimum Gasteiger partial charge on any atom is -0.756 e. The number of allylic oxidation sites excluding steroid dienone is 15. The molecule has 0 radical (unpaired) electrons. The zero-order valence-electron chi connectivity index (χ0n) is 37.3. The Hall–Kier alpha value is -3.11. The van der Waals surface area contributed by atoms with Gasteiger partial charge in [-0.1, -0.05) is 137 Å². The Morgan fingerprint density at radius 2 is 1.14 bits per heavy atom. The molecule has 336 valence electrons. The number of aliphatic hydroxyl groups excluding tert-OH is 1. The summed E-state index contributed by atoms with van der Waals surface area (Å²) in [6.45, 7) is 3.73. The molecule has 0 aliphatic rings. The number of carbonyl (C=O) groups excluding carboxylic acids is 2. The number of hydrogen-bond acceptors (Lipinski definition) is 9. The van der Waals surface area contributed by atoms with E-state index in [2.05, 4.69) is 67.7 Å². The van der Waals surface area contributed by atoms with Crippen LogP contribution in [0.1, 0.15) is 136 Å². The Morgan fingerprint density at radius 1 is 0.627 bits per heavy atom. The molecule has 3 atom stereocenters. The van der Waals surface area contributed by atoms with Crippen LogP contribution in [0.3, 0.4) is 0 Å². The number of phosphoric acid groups is 1. The number of hydrogen-bond donors (Lipinski definition) is 1. The van der Waals surface area contributed by atoms with Gasteiger partial charge in [-0.3, -0.25) is 14.2 Å². The first-order chi connectivity index (χ1) is 28.4. The van der Waals surface area contributed by atoms with E-state index in [1.54, 1.807) is 6.08 Å². The SMILES string of the molecule is CCCCC/C=C\C/C=C\C/C=C\CCCCCCC(=O)OC[C@H](COP(=O)([O-])OCC[N+](C)(C)C)OC(=O)CCC/C=C\C/C=C\C/C=C\C/C=C\C=C\[C@H](O)CC. The molecule has 10 nitrogen and oxygen atoms in total. The van der Waals surface area contributed by atoms with E-state index in [0.717, 1.165) is 57.8 Å². The molecule has 0 aromatic carbocycles. The predicted molar refractivity (Wildman–Crippen MR) is 241 cm³/mol. The van der Waals surface area contributed by atoms with Gasteiger partial charge in [-0.25, -0.2) is 0 Å². The van der Waals surface area contributed by atoms with Gasteiger partial charge in [0.25, 0.3) is 7.82 Å². The highest BCUT2D eigenvalue weighted by molar-refractivity contribution is 7.45. The lowest BCUT2D eigenvalue weighted by Crippen LogP contribution is -2.37. The van der Waals surface area contributed by atoms with Crippen molar-refractivity contribution in [1.82, 2.24) is 0 Å². The molecule has 1 N–H and O–H groups in total. The van der Waals surface area contributed by atoms with E-state index < -0.39 is 32.5 Å². The van der Waals surface area contributed by atoms with Crippen molar-refractivity contribution in [2.75, 3.05) is 47.5 Å². The number of esters is 2. The molecule has 0 aliphatic heterocycles. The summed E-state index contributed by atoms with van der Waals surface area (Å²) in [4.78, 5) is 37.5. The summed E-state index contributed by atoms with van der Waals surface area (Å²) in [5, 5.41) is 9.48. The first kappa shape index (κ1) is 55.9. The standard InChI is InChI=1S/C48H80NO9P/c1-6-8-9-10-11-12-13-14-15-16-17-21-24-27-30-33-36-39-47(51)55-43-46(44-57-59(53,54)56-42-41-49(3,4)5)58-48(52)40-37-34-31-28-25-22-19-18-20-23-26-29-32-35-38-45(50)7-2/h11-12,14-15,17,19-23,28-29,31-32,35,38,45-46,50H,6-10,13,16,18,24-27,30,33-34,36-37,39-44H2,1-5H3/b12-11-,15-14-,21-17-,22-19-,23-20-,31-28-,32-29-,38-35+/t45-,46-/m1/s1. The lowest BCUT2D eigenvalue weighted by molar-refractivity contribution is -0.870. The van der Waals surface area contributed by atoms with E-state index in [9.17, 15) is 24.2 Å². The van der Waals surface area contributed by atoms with E-state index in [0.29, 0.717) is 36.7 Å². The number of rotatable bonds is 38. The van der Waals surface area contributed by atoms with E-state index >= 15 is 0 Å². The van der Waals surface area contributed by atoms with Gasteiger partial charge in [-0.2, -0.15) is 0 Å². The van der Waals surface area contributed by atoms with Gasteiger partial charge in [0.1, 0.15) is 19.8 Å². The molecule has 0 saturated heterocycles. The second-order valence-corrected chi connectivity index (χ2v) is 16.9. The Bertz CT molecular complexity index is 1340. The van der Waals surface area contributed by atoms with Crippen LogP contribution in [-0.2, 0) is 32.7 Å². The van der Waals surface area contributed by atoms with Crippen molar-refractivity contribution in [1.29, 1.82) is 0 Å². The number of carbonyl (C=O) groups is 2. The molecular formula is C48H80NO9P. The minimum atomic E-state index is -4.66. The van der Waals surface area contributed by atoms with Crippen molar-refractivity contribution < 1.29 is 47.2 Å². The van der Waals surface area contributed by atoms with E-state index in [1.165, 1.54) is 25.7 Å². The van der Waals surface area contributed by atoms with Crippen LogP contribution < -0.4 is 4.89 Å². The number of aliphatic hydroxyl groups is 1. The highest BCUT2D eigenvalue weighted by Gasteiger charge is 2.21. The fraction of sp³-hybridized carbons (Fsp3) is 0.625. The fourth-order valence-corrected chi connectivity index (χ4v) is 5.85. The van der Waals surface area contributed by atoms with Gasteiger partial charge in [-0.15, -0.1) is 0 Å². The molecule has 0 heterocycles. The molecule has 59 heavy (non-hydrogen) atoms. The maximum Gasteiger partial charge on any atom is 0.306 e. The fourth-order valence-electron chi connectivity index (χ4n) is 5.12. The largest absolute Gasteiger partial charge is 0.756 e. The molecule has 0 spiro atoms. The zero-order valence-corrected chi connectivity index (χ0v) is 38.2. The minimum absolute atomic E-state index is 0.0576. The molecule has 0 aromatic heterocycles. The van der Waals surface area contributed by atoms with Crippen molar-refractivity contribution in [3.8, 4) is 0 Å². The summed E-state index contributed by atoms with van der Waals surface area (Å²) < 4.78 is 33.8. The van der Waals surface area contributed by atoms with E-state index in [-0.39, 0.29) is 32.2 Å². The van der Waals surface area contributed by atoms with Crippen LogP contribution in [0, 0.1) is 0 Å². The van der Waals surface area contributed by atoms with Crippen LogP contribution >= 0.6 is 7.82 Å². The smallest absolute Gasteiger partial charge is 0.306 e. The van der Waals surface area contributed by atoms with Crippen LogP contribution in [0.2, 0.25) is 0 Å². The number of likely N-dealkylation sites (N-methyl/N-ethyl adjacent to an activating group) is 1. The molecule has 0 fully saturated rings. The van der Waals surface area contributed by atoms with Crippen LogP contribution in [-0.4, -0.2) is 81.2 Å². The summed E-state index contributed by atoms with van der Waals surface area (Å²) in [7, 11) is 1.07. The monoisotopic (exact) mass is 846 g/mol. The lowest BCUT2D eigenvalue weighted by atomic mass is 10.1. The molecule has 0 aromatic rings. The Kier molecular flexibility index (Phi) is 37.0.